The van der Waals surface area contributed by atoms with E-state index in [9.17, 15) is 4.79 Å². The van der Waals surface area contributed by atoms with Gasteiger partial charge in [0.1, 0.15) is 16.5 Å². The zero-order valence-electron chi connectivity index (χ0n) is 17.5. The van der Waals surface area contributed by atoms with E-state index in [1.165, 1.54) is 11.3 Å². The molecule has 0 spiro atoms. The minimum absolute atomic E-state index is 0.248. The molecule has 8 heteroatoms. The van der Waals surface area contributed by atoms with Crippen molar-refractivity contribution in [3.8, 4) is 11.5 Å². The van der Waals surface area contributed by atoms with Crippen LogP contribution in [-0.4, -0.2) is 47.8 Å². The molecule has 1 fully saturated rings. The number of amides is 1. The number of methoxy groups -OCH3 is 1. The van der Waals surface area contributed by atoms with Gasteiger partial charge in [-0.1, -0.05) is 29.5 Å². The summed E-state index contributed by atoms with van der Waals surface area (Å²) in [4.78, 5) is 14.9. The molecule has 1 aromatic heterocycles. The molecule has 162 valence electrons. The third-order valence-electron chi connectivity index (χ3n) is 5.20. The Hall–Kier alpha value is -2.97. The van der Waals surface area contributed by atoms with Crippen molar-refractivity contribution in [2.24, 2.45) is 5.92 Å². The average Bonchev–Trinajstić information content (AvgIpc) is 3.28. The Morgan fingerprint density at radius 1 is 1.13 bits per heavy atom. The first-order valence-electron chi connectivity index (χ1n) is 10.4. The van der Waals surface area contributed by atoms with Crippen molar-refractivity contribution in [1.29, 1.82) is 0 Å². The molecule has 4 rings (SSSR count). The molecule has 7 nitrogen and oxygen atoms in total. The van der Waals surface area contributed by atoms with Gasteiger partial charge < -0.3 is 14.8 Å². The van der Waals surface area contributed by atoms with Gasteiger partial charge in [-0.2, -0.15) is 0 Å². The van der Waals surface area contributed by atoms with Crippen molar-refractivity contribution in [2.45, 2.75) is 19.4 Å². The number of piperidine rings is 1. The molecule has 0 bridgehead atoms. The number of rotatable bonds is 8. The topological polar surface area (TPSA) is 76.6 Å². The second kappa shape index (κ2) is 10.4. The summed E-state index contributed by atoms with van der Waals surface area (Å²) in [6, 6.07) is 17.1. The minimum Gasteiger partial charge on any atom is -0.497 e. The third kappa shape index (κ3) is 6.02. The summed E-state index contributed by atoms with van der Waals surface area (Å²) in [7, 11) is 1.61. The number of likely N-dealkylation sites (tertiary alicyclic amines) is 1. The number of nitrogens with one attached hydrogen (secondary N) is 1. The Kier molecular flexibility index (Phi) is 7.11. The lowest BCUT2D eigenvalue weighted by Gasteiger charge is -2.31. The molecule has 3 aromatic rings. The second-order valence-corrected chi connectivity index (χ2v) is 8.61. The van der Waals surface area contributed by atoms with Crippen LogP contribution in [0.25, 0.3) is 0 Å². The summed E-state index contributed by atoms with van der Waals surface area (Å²) >= 11 is 1.34. The SMILES string of the molecule is COc1ccc(NC(=O)c2nnc(CN3CCCC(COc4ccccc4)C3)s2)cc1. The first kappa shape index (κ1) is 21.3. The van der Waals surface area contributed by atoms with E-state index in [4.69, 9.17) is 9.47 Å². The Labute approximate surface area is 186 Å². The highest BCUT2D eigenvalue weighted by Crippen LogP contribution is 2.22. The van der Waals surface area contributed by atoms with Crippen LogP contribution in [0, 0.1) is 5.92 Å². The zero-order valence-corrected chi connectivity index (χ0v) is 18.3. The summed E-state index contributed by atoms with van der Waals surface area (Å²) in [6.45, 7) is 3.40. The lowest BCUT2D eigenvalue weighted by atomic mass is 9.99. The van der Waals surface area contributed by atoms with E-state index < -0.39 is 0 Å². The molecule has 0 radical (unpaired) electrons. The van der Waals surface area contributed by atoms with Crippen LogP contribution >= 0.6 is 11.3 Å². The van der Waals surface area contributed by atoms with Crippen LogP contribution in [0.15, 0.2) is 54.6 Å². The lowest BCUT2D eigenvalue weighted by molar-refractivity contribution is 0.102. The number of anilines is 1. The Bertz CT molecular complexity index is 978. The minimum atomic E-state index is -0.248. The van der Waals surface area contributed by atoms with Crippen LogP contribution in [0.3, 0.4) is 0 Å². The number of benzene rings is 2. The first-order chi connectivity index (χ1) is 15.2. The Balaban J connectivity index is 1.28. The van der Waals surface area contributed by atoms with Crippen molar-refractivity contribution in [1.82, 2.24) is 15.1 Å². The van der Waals surface area contributed by atoms with Crippen LogP contribution in [-0.2, 0) is 6.54 Å². The smallest absolute Gasteiger partial charge is 0.286 e. The number of aromatic nitrogens is 2. The number of nitrogens with zero attached hydrogens (tertiary/aromatic N) is 3. The van der Waals surface area contributed by atoms with Crippen LogP contribution in [0.2, 0.25) is 0 Å². The molecule has 0 saturated carbocycles. The predicted molar refractivity (Wildman–Crippen MR) is 121 cm³/mol. The quantitative estimate of drug-likeness (QED) is 0.571. The van der Waals surface area contributed by atoms with Crippen LogP contribution < -0.4 is 14.8 Å². The maximum absolute atomic E-state index is 12.5. The first-order valence-corrected chi connectivity index (χ1v) is 11.2. The number of carbonyl (C=O) groups is 1. The van der Waals surface area contributed by atoms with Crippen molar-refractivity contribution in [3.63, 3.8) is 0 Å². The van der Waals surface area contributed by atoms with E-state index in [0.29, 0.717) is 29.8 Å². The number of carbonyl (C=O) groups excluding carboxylic acids is 1. The van der Waals surface area contributed by atoms with Crippen molar-refractivity contribution >= 4 is 22.9 Å². The fraction of sp³-hybridized carbons (Fsp3) is 0.348. The maximum Gasteiger partial charge on any atom is 0.286 e. The van der Waals surface area contributed by atoms with Gasteiger partial charge in [0.05, 0.1) is 20.3 Å². The number of hydrogen-bond donors (Lipinski definition) is 1. The molecular weight excluding hydrogens is 412 g/mol. The number of para-hydroxylation sites is 1. The Morgan fingerprint density at radius 2 is 1.94 bits per heavy atom. The molecule has 1 saturated heterocycles. The highest BCUT2D eigenvalue weighted by molar-refractivity contribution is 7.13. The lowest BCUT2D eigenvalue weighted by Crippen LogP contribution is -2.37. The molecule has 2 aromatic carbocycles. The maximum atomic E-state index is 12.5. The monoisotopic (exact) mass is 438 g/mol. The fourth-order valence-electron chi connectivity index (χ4n) is 3.62. The molecule has 1 aliphatic rings. The molecule has 1 amide bonds. The number of hydrogen-bond acceptors (Lipinski definition) is 7. The van der Waals surface area contributed by atoms with Crippen LogP contribution in [0.4, 0.5) is 5.69 Å². The van der Waals surface area contributed by atoms with Gasteiger partial charge in [0.15, 0.2) is 0 Å². The molecule has 1 aliphatic heterocycles. The third-order valence-corrected chi connectivity index (χ3v) is 6.11. The molecule has 0 aliphatic carbocycles. The van der Waals surface area contributed by atoms with Gasteiger partial charge in [0.25, 0.3) is 5.91 Å². The van der Waals surface area contributed by atoms with Crippen molar-refractivity contribution < 1.29 is 14.3 Å². The van der Waals surface area contributed by atoms with E-state index in [0.717, 1.165) is 42.4 Å². The molecule has 1 unspecified atom stereocenters. The molecule has 1 N–H and O–H groups in total. The molecule has 2 heterocycles. The van der Waals surface area contributed by atoms with Crippen molar-refractivity contribution in [2.75, 3.05) is 32.1 Å². The molecular formula is C23H26N4O3S. The van der Waals surface area contributed by atoms with Crippen LogP contribution in [0.1, 0.15) is 27.7 Å². The summed E-state index contributed by atoms with van der Waals surface area (Å²) in [5, 5.41) is 12.4. The largest absolute Gasteiger partial charge is 0.497 e. The molecule has 1 atom stereocenters. The molecule has 31 heavy (non-hydrogen) atoms. The summed E-state index contributed by atoms with van der Waals surface area (Å²) in [5.41, 5.74) is 0.694. The van der Waals surface area contributed by atoms with E-state index >= 15 is 0 Å². The van der Waals surface area contributed by atoms with Gasteiger partial charge in [-0.05, 0) is 55.8 Å². The Morgan fingerprint density at radius 3 is 2.71 bits per heavy atom. The standard InChI is InChI=1S/C23H26N4O3S/c1-29-19-11-9-18(10-12-19)24-22(28)23-26-25-21(31-23)15-27-13-5-6-17(14-27)16-30-20-7-3-2-4-8-20/h2-4,7-12,17H,5-6,13-16H2,1H3,(H,24,28). The predicted octanol–water partition coefficient (Wildman–Crippen LogP) is 4.09. The van der Waals surface area contributed by atoms with Gasteiger partial charge in [-0.15, -0.1) is 10.2 Å². The second-order valence-electron chi connectivity index (χ2n) is 7.55. The summed E-state index contributed by atoms with van der Waals surface area (Å²) < 4.78 is 11.1. The average molecular weight is 439 g/mol. The highest BCUT2D eigenvalue weighted by atomic mass is 32.1. The van der Waals surface area contributed by atoms with E-state index in [1.54, 1.807) is 31.4 Å². The van der Waals surface area contributed by atoms with E-state index in [1.807, 2.05) is 30.3 Å². The summed E-state index contributed by atoms with van der Waals surface area (Å²) in [5.74, 6) is 1.89. The fourth-order valence-corrected chi connectivity index (χ4v) is 4.40. The van der Waals surface area contributed by atoms with E-state index in [2.05, 4.69) is 20.4 Å². The normalized spacial score (nSPS) is 16.6. The van der Waals surface area contributed by atoms with Gasteiger partial charge in [0.2, 0.25) is 5.01 Å². The zero-order chi connectivity index (χ0) is 21.5. The van der Waals surface area contributed by atoms with Gasteiger partial charge in [-0.25, -0.2) is 0 Å². The highest BCUT2D eigenvalue weighted by Gasteiger charge is 2.22. The van der Waals surface area contributed by atoms with Crippen LogP contribution in [0.5, 0.6) is 11.5 Å². The number of ether oxygens (including phenoxy) is 2. The summed E-state index contributed by atoms with van der Waals surface area (Å²) in [6.07, 6.45) is 2.29. The van der Waals surface area contributed by atoms with E-state index in [-0.39, 0.29) is 5.91 Å². The van der Waals surface area contributed by atoms with Gasteiger partial charge in [-0.3, -0.25) is 9.69 Å². The van der Waals surface area contributed by atoms with Gasteiger partial charge >= 0.3 is 0 Å². The van der Waals surface area contributed by atoms with Gasteiger partial charge in [0, 0.05) is 18.2 Å². The van der Waals surface area contributed by atoms with Crippen molar-refractivity contribution in [3.05, 3.63) is 64.6 Å².